The third-order valence-electron chi connectivity index (χ3n) is 3.75. The van der Waals surface area contributed by atoms with Gasteiger partial charge in [-0.15, -0.1) is 0 Å². The van der Waals surface area contributed by atoms with Crippen molar-refractivity contribution < 1.29 is 13.5 Å². The van der Waals surface area contributed by atoms with Gasteiger partial charge in [0.05, 0.1) is 18.8 Å². The number of rotatable bonds is 3. The van der Waals surface area contributed by atoms with E-state index in [1.807, 2.05) is 0 Å². The smallest absolute Gasteiger partial charge is 0.259 e. The zero-order valence-electron chi connectivity index (χ0n) is 13.1. The summed E-state index contributed by atoms with van der Waals surface area (Å²) in [6.07, 6.45) is 6.96. The van der Waals surface area contributed by atoms with Gasteiger partial charge in [-0.3, -0.25) is 9.78 Å². The Morgan fingerprint density at radius 3 is 2.58 bits per heavy atom. The zero-order valence-corrected chi connectivity index (χ0v) is 13.1. The molecule has 122 valence electrons. The van der Waals surface area contributed by atoms with Crippen LogP contribution in [0.4, 0.5) is 8.78 Å². The fourth-order valence-electron chi connectivity index (χ4n) is 2.58. The van der Waals surface area contributed by atoms with Crippen LogP contribution in [-0.2, 0) is 11.8 Å². The molecule has 2 aromatic heterocycles. The van der Waals surface area contributed by atoms with Gasteiger partial charge >= 0.3 is 0 Å². The molecule has 0 saturated carbocycles. The number of aromatic nitrogens is 2. The summed E-state index contributed by atoms with van der Waals surface area (Å²) in [4.78, 5) is 16.1. The first-order valence-corrected chi connectivity index (χ1v) is 7.15. The first-order valence-electron chi connectivity index (χ1n) is 7.15. The summed E-state index contributed by atoms with van der Waals surface area (Å²) >= 11 is 0. The molecule has 0 N–H and O–H groups in total. The molecule has 0 atom stereocenters. The molecule has 24 heavy (non-hydrogen) atoms. The highest BCUT2D eigenvalue weighted by Crippen LogP contribution is 2.29. The lowest BCUT2D eigenvalue weighted by Gasteiger charge is -2.11. The third kappa shape index (κ3) is 2.67. The molecule has 0 spiro atoms. The topological polar surface area (TPSA) is 44.1 Å². The summed E-state index contributed by atoms with van der Waals surface area (Å²) in [6.45, 7) is 0. The van der Waals surface area contributed by atoms with Crippen molar-refractivity contribution in [3.63, 3.8) is 0 Å². The van der Waals surface area contributed by atoms with Crippen LogP contribution in [0, 0.1) is 11.6 Å². The number of aryl methyl sites for hydroxylation is 1. The van der Waals surface area contributed by atoms with E-state index < -0.39 is 11.6 Å². The Bertz CT molecular complexity index is 987. The molecule has 1 aromatic carbocycles. The lowest BCUT2D eigenvalue weighted by molar-refractivity contribution is 0.341. The van der Waals surface area contributed by atoms with Crippen LogP contribution in [-0.4, -0.2) is 16.7 Å². The summed E-state index contributed by atoms with van der Waals surface area (Å²) in [5.41, 5.74) is 0.486. The van der Waals surface area contributed by atoms with Crippen molar-refractivity contribution in [2.45, 2.75) is 0 Å². The van der Waals surface area contributed by atoms with Crippen LogP contribution in [0.15, 0.2) is 47.8 Å². The SMILES string of the molecule is CO/C=C/c1c(F)cc(-c2cn(C)c(=O)c3cnccc23)cc1F. The van der Waals surface area contributed by atoms with E-state index in [0.29, 0.717) is 21.9 Å². The molecule has 0 aliphatic rings. The van der Waals surface area contributed by atoms with Gasteiger partial charge in [-0.05, 0) is 35.2 Å². The van der Waals surface area contributed by atoms with Crippen molar-refractivity contribution in [3.8, 4) is 11.1 Å². The molecule has 6 heteroatoms. The van der Waals surface area contributed by atoms with E-state index in [1.54, 1.807) is 19.3 Å². The van der Waals surface area contributed by atoms with E-state index in [4.69, 9.17) is 4.74 Å². The summed E-state index contributed by atoms with van der Waals surface area (Å²) in [5.74, 6) is -1.43. The number of pyridine rings is 2. The fourth-order valence-corrected chi connectivity index (χ4v) is 2.58. The Kier molecular flexibility index (Phi) is 4.12. The van der Waals surface area contributed by atoms with Gasteiger partial charge in [-0.25, -0.2) is 8.78 Å². The molecule has 0 saturated heterocycles. The van der Waals surface area contributed by atoms with Crippen LogP contribution in [0.3, 0.4) is 0 Å². The standard InChI is InChI=1S/C18H14F2N2O2/c1-22-10-15(12-3-5-21-9-14(12)18(22)23)11-7-16(19)13(4-6-24-2)17(20)8-11/h3-10H,1-2H3/b6-4+. The molecule has 0 amide bonds. The molecule has 0 fully saturated rings. The van der Waals surface area contributed by atoms with Gasteiger partial charge in [0, 0.05) is 36.8 Å². The second-order valence-corrected chi connectivity index (χ2v) is 5.27. The Labute approximate surface area is 136 Å². The van der Waals surface area contributed by atoms with Crippen molar-refractivity contribution in [2.75, 3.05) is 7.11 Å². The Hall–Kier alpha value is -3.02. The minimum atomic E-state index is -0.714. The maximum atomic E-state index is 14.3. The lowest BCUT2D eigenvalue weighted by atomic mass is 10.00. The molecule has 4 nitrogen and oxygen atoms in total. The molecule has 0 aliphatic carbocycles. The summed E-state index contributed by atoms with van der Waals surface area (Å²) in [5, 5.41) is 0.980. The summed E-state index contributed by atoms with van der Waals surface area (Å²) in [6, 6.07) is 4.12. The number of halogens is 2. The maximum absolute atomic E-state index is 14.3. The first-order chi connectivity index (χ1) is 11.5. The average molecular weight is 328 g/mol. The second kappa shape index (κ2) is 6.23. The number of methoxy groups -OCH3 is 1. The van der Waals surface area contributed by atoms with Gasteiger partial charge in [-0.1, -0.05) is 0 Å². The van der Waals surface area contributed by atoms with Crippen LogP contribution >= 0.6 is 0 Å². The van der Waals surface area contributed by atoms with Crippen LogP contribution in [0.25, 0.3) is 28.0 Å². The van der Waals surface area contributed by atoms with E-state index in [0.717, 1.165) is 0 Å². The predicted octanol–water partition coefficient (Wildman–Crippen LogP) is 3.50. The van der Waals surface area contributed by atoms with Crippen LogP contribution in [0.2, 0.25) is 0 Å². The van der Waals surface area contributed by atoms with Crippen LogP contribution < -0.4 is 5.56 Å². The highest BCUT2D eigenvalue weighted by Gasteiger charge is 2.14. The Morgan fingerprint density at radius 1 is 1.21 bits per heavy atom. The highest BCUT2D eigenvalue weighted by molar-refractivity contribution is 5.95. The largest absolute Gasteiger partial charge is 0.504 e. The van der Waals surface area contributed by atoms with Gasteiger partial charge < -0.3 is 9.30 Å². The summed E-state index contributed by atoms with van der Waals surface area (Å²) < 4.78 is 34.6. The highest BCUT2D eigenvalue weighted by atomic mass is 19.1. The van der Waals surface area contributed by atoms with E-state index in [2.05, 4.69) is 4.98 Å². The van der Waals surface area contributed by atoms with Gasteiger partial charge in [0.25, 0.3) is 5.56 Å². The fraction of sp³-hybridized carbons (Fsp3) is 0.111. The molecular formula is C18H14F2N2O2. The van der Waals surface area contributed by atoms with Gasteiger partial charge in [-0.2, -0.15) is 0 Å². The molecule has 0 bridgehead atoms. The third-order valence-corrected chi connectivity index (χ3v) is 3.75. The number of hydrogen-bond donors (Lipinski definition) is 0. The van der Waals surface area contributed by atoms with E-state index in [1.165, 1.54) is 48.5 Å². The van der Waals surface area contributed by atoms with Crippen molar-refractivity contribution >= 4 is 16.8 Å². The molecule has 0 radical (unpaired) electrons. The number of nitrogens with zero attached hydrogens (tertiary/aromatic N) is 2. The quantitative estimate of drug-likeness (QED) is 0.691. The molecule has 3 aromatic rings. The Balaban J connectivity index is 2.27. The van der Waals surface area contributed by atoms with Crippen molar-refractivity contribution in [1.82, 2.24) is 9.55 Å². The number of ether oxygens (including phenoxy) is 1. The first kappa shape index (κ1) is 15.9. The Morgan fingerprint density at radius 2 is 1.92 bits per heavy atom. The van der Waals surface area contributed by atoms with E-state index in [9.17, 15) is 13.6 Å². The maximum Gasteiger partial charge on any atom is 0.259 e. The van der Waals surface area contributed by atoms with E-state index >= 15 is 0 Å². The van der Waals surface area contributed by atoms with Crippen LogP contribution in [0.5, 0.6) is 0 Å². The molecule has 3 rings (SSSR count). The lowest BCUT2D eigenvalue weighted by Crippen LogP contribution is -2.16. The molecule has 2 heterocycles. The normalized spacial score (nSPS) is 11.3. The minimum absolute atomic E-state index is 0.184. The van der Waals surface area contributed by atoms with Crippen LogP contribution in [0.1, 0.15) is 5.56 Å². The zero-order chi connectivity index (χ0) is 17.3. The minimum Gasteiger partial charge on any atom is -0.504 e. The van der Waals surface area contributed by atoms with Crippen molar-refractivity contribution in [1.29, 1.82) is 0 Å². The van der Waals surface area contributed by atoms with E-state index in [-0.39, 0.29) is 11.1 Å². The number of hydrogen-bond acceptors (Lipinski definition) is 3. The van der Waals surface area contributed by atoms with Gasteiger partial charge in [0.2, 0.25) is 0 Å². The monoisotopic (exact) mass is 328 g/mol. The van der Waals surface area contributed by atoms with Crippen molar-refractivity contribution in [2.24, 2.45) is 7.05 Å². The predicted molar refractivity (Wildman–Crippen MR) is 88.4 cm³/mol. The molecular weight excluding hydrogens is 314 g/mol. The number of fused-ring (bicyclic) bond motifs is 1. The number of benzene rings is 1. The summed E-state index contributed by atoms with van der Waals surface area (Å²) in [7, 11) is 2.98. The van der Waals surface area contributed by atoms with Gasteiger partial charge in [0.15, 0.2) is 0 Å². The van der Waals surface area contributed by atoms with Gasteiger partial charge in [0.1, 0.15) is 11.6 Å². The molecule has 0 aliphatic heterocycles. The van der Waals surface area contributed by atoms with Crippen molar-refractivity contribution in [3.05, 3.63) is 70.6 Å². The molecule has 0 unspecified atom stereocenters. The second-order valence-electron chi connectivity index (χ2n) is 5.27. The average Bonchev–Trinajstić information content (AvgIpc) is 2.57.